The van der Waals surface area contributed by atoms with Crippen molar-refractivity contribution >= 4 is 11.8 Å². The number of hydrogen-bond donors (Lipinski definition) is 2. The molecule has 0 fully saturated rings. The molecule has 1 aromatic heterocycles. The predicted octanol–water partition coefficient (Wildman–Crippen LogP) is 1.24. The molecule has 4 heteroatoms. The van der Waals surface area contributed by atoms with E-state index >= 15 is 0 Å². The Bertz CT molecular complexity index is 318. The molecule has 0 bridgehead atoms. The summed E-state index contributed by atoms with van der Waals surface area (Å²) in [5.41, 5.74) is 0.926. The summed E-state index contributed by atoms with van der Waals surface area (Å²) in [5.74, 6) is 4.54. The van der Waals surface area contributed by atoms with E-state index in [0.717, 1.165) is 30.3 Å². The van der Waals surface area contributed by atoms with Crippen LogP contribution in [0.1, 0.15) is 5.69 Å². The molecule has 0 saturated heterocycles. The molecule has 2 N–H and O–H groups in total. The molecule has 15 heavy (non-hydrogen) atoms. The van der Waals surface area contributed by atoms with E-state index in [1.54, 1.807) is 23.9 Å². The quantitative estimate of drug-likeness (QED) is 0.561. The first-order valence-corrected chi connectivity index (χ1v) is 5.84. The van der Waals surface area contributed by atoms with Gasteiger partial charge in [-0.05, 0) is 12.1 Å². The van der Waals surface area contributed by atoms with Crippen LogP contribution in [0.5, 0.6) is 5.75 Å². The summed E-state index contributed by atoms with van der Waals surface area (Å²) in [7, 11) is 0. The first-order valence-electron chi connectivity index (χ1n) is 4.69. The normalized spacial score (nSPS) is 9.80. The van der Waals surface area contributed by atoms with Gasteiger partial charge >= 0.3 is 0 Å². The summed E-state index contributed by atoms with van der Waals surface area (Å²) in [5, 5.41) is 12.3. The third-order valence-electron chi connectivity index (χ3n) is 1.72. The lowest BCUT2D eigenvalue weighted by Gasteiger charge is -2.03. The van der Waals surface area contributed by atoms with Crippen molar-refractivity contribution in [3.8, 4) is 18.1 Å². The predicted molar refractivity (Wildman–Crippen MR) is 63.8 cm³/mol. The average Bonchev–Trinajstić information content (AvgIpc) is 2.26. The largest absolute Gasteiger partial charge is 0.506 e. The van der Waals surface area contributed by atoms with Crippen LogP contribution >= 0.6 is 11.8 Å². The average molecular weight is 222 g/mol. The number of thioether (sulfide) groups is 1. The number of nitrogens with zero attached hydrogens (tertiary/aromatic N) is 1. The molecule has 80 valence electrons. The fourth-order valence-corrected chi connectivity index (χ4v) is 1.56. The summed E-state index contributed by atoms with van der Waals surface area (Å²) in [6.45, 7) is 1.63. The summed E-state index contributed by atoms with van der Waals surface area (Å²) in [6, 6.07) is 3.44. The van der Waals surface area contributed by atoms with Gasteiger partial charge in [0, 0.05) is 18.8 Å². The van der Waals surface area contributed by atoms with Crippen molar-refractivity contribution in [1.29, 1.82) is 0 Å². The first kappa shape index (κ1) is 11.9. The van der Waals surface area contributed by atoms with Crippen LogP contribution in [0, 0.1) is 12.3 Å². The van der Waals surface area contributed by atoms with E-state index in [-0.39, 0.29) is 5.75 Å². The maximum Gasteiger partial charge on any atom is 0.133 e. The Hall–Kier alpha value is -1.18. The van der Waals surface area contributed by atoms with Crippen molar-refractivity contribution in [3.05, 3.63) is 24.0 Å². The van der Waals surface area contributed by atoms with E-state index in [0.29, 0.717) is 0 Å². The fourth-order valence-electron chi connectivity index (χ4n) is 1.01. The number of pyridine rings is 1. The summed E-state index contributed by atoms with van der Waals surface area (Å²) in [6.07, 6.45) is 6.57. The lowest BCUT2D eigenvalue weighted by Crippen LogP contribution is -2.17. The first-order chi connectivity index (χ1) is 7.33. The Balaban J connectivity index is 2.10. The maximum atomic E-state index is 9.02. The van der Waals surface area contributed by atoms with Crippen LogP contribution in [0.25, 0.3) is 0 Å². The molecule has 0 atom stereocenters. The summed E-state index contributed by atoms with van der Waals surface area (Å²) in [4.78, 5) is 4.06. The number of aromatic hydroxyl groups is 1. The zero-order valence-electron chi connectivity index (χ0n) is 8.44. The topological polar surface area (TPSA) is 45.1 Å². The lowest BCUT2D eigenvalue weighted by molar-refractivity contribution is 0.472. The smallest absolute Gasteiger partial charge is 0.133 e. The molecule has 0 unspecified atom stereocenters. The number of terminal acetylenes is 1. The molecule has 0 aliphatic rings. The molecule has 0 radical (unpaired) electrons. The Morgan fingerprint density at radius 1 is 1.53 bits per heavy atom. The Morgan fingerprint density at radius 2 is 2.40 bits per heavy atom. The van der Waals surface area contributed by atoms with Gasteiger partial charge in [-0.15, -0.1) is 18.2 Å². The Kier molecular flexibility index (Phi) is 5.67. The molecule has 0 amide bonds. The highest BCUT2D eigenvalue weighted by atomic mass is 32.2. The molecule has 0 spiro atoms. The van der Waals surface area contributed by atoms with Gasteiger partial charge in [-0.3, -0.25) is 4.98 Å². The van der Waals surface area contributed by atoms with E-state index in [4.69, 9.17) is 11.5 Å². The molecule has 1 rings (SSSR count). The maximum absolute atomic E-state index is 9.02. The fraction of sp³-hybridized carbons (Fsp3) is 0.364. The molecular formula is C11H14N2OS. The number of rotatable bonds is 6. The van der Waals surface area contributed by atoms with Gasteiger partial charge in [0.15, 0.2) is 0 Å². The Labute approximate surface area is 94.3 Å². The third kappa shape index (κ3) is 5.31. The summed E-state index contributed by atoms with van der Waals surface area (Å²) < 4.78 is 0. The number of nitrogens with one attached hydrogen (secondary N) is 1. The second-order valence-corrected chi connectivity index (χ2v) is 4.05. The Morgan fingerprint density at radius 3 is 3.07 bits per heavy atom. The SMILES string of the molecule is C#CCSCCNCc1ccc(O)cn1. The van der Waals surface area contributed by atoms with Crippen LogP contribution in [0.4, 0.5) is 0 Å². The highest BCUT2D eigenvalue weighted by Crippen LogP contribution is 2.05. The highest BCUT2D eigenvalue weighted by molar-refractivity contribution is 7.99. The summed E-state index contributed by atoms with van der Waals surface area (Å²) >= 11 is 1.73. The van der Waals surface area contributed by atoms with Gasteiger partial charge in [-0.1, -0.05) is 5.92 Å². The minimum absolute atomic E-state index is 0.198. The van der Waals surface area contributed by atoms with Gasteiger partial charge in [0.25, 0.3) is 0 Å². The van der Waals surface area contributed by atoms with E-state index < -0.39 is 0 Å². The second-order valence-electron chi connectivity index (χ2n) is 2.94. The van der Waals surface area contributed by atoms with E-state index in [1.165, 1.54) is 6.20 Å². The minimum Gasteiger partial charge on any atom is -0.506 e. The van der Waals surface area contributed by atoms with Crippen LogP contribution in [0.2, 0.25) is 0 Å². The van der Waals surface area contributed by atoms with Crippen molar-refractivity contribution in [1.82, 2.24) is 10.3 Å². The van der Waals surface area contributed by atoms with E-state index in [2.05, 4.69) is 16.2 Å². The van der Waals surface area contributed by atoms with Crippen LogP contribution in [0.15, 0.2) is 18.3 Å². The second kappa shape index (κ2) is 7.16. The van der Waals surface area contributed by atoms with E-state index in [1.807, 2.05) is 0 Å². The van der Waals surface area contributed by atoms with Gasteiger partial charge < -0.3 is 10.4 Å². The number of hydrogen-bond acceptors (Lipinski definition) is 4. The molecule has 0 saturated carbocycles. The molecule has 1 aromatic rings. The van der Waals surface area contributed by atoms with Crippen LogP contribution < -0.4 is 5.32 Å². The van der Waals surface area contributed by atoms with Gasteiger partial charge in [0.1, 0.15) is 5.75 Å². The molecule has 0 aromatic carbocycles. The van der Waals surface area contributed by atoms with Crippen molar-refractivity contribution in [2.75, 3.05) is 18.1 Å². The molecule has 0 aliphatic carbocycles. The van der Waals surface area contributed by atoms with Gasteiger partial charge in [-0.25, -0.2) is 0 Å². The van der Waals surface area contributed by atoms with Crippen molar-refractivity contribution in [2.45, 2.75) is 6.54 Å². The van der Waals surface area contributed by atoms with Gasteiger partial charge in [0.2, 0.25) is 0 Å². The molecule has 1 heterocycles. The van der Waals surface area contributed by atoms with Crippen LogP contribution in [-0.4, -0.2) is 28.1 Å². The van der Waals surface area contributed by atoms with Gasteiger partial charge in [-0.2, -0.15) is 0 Å². The zero-order valence-corrected chi connectivity index (χ0v) is 9.26. The highest BCUT2D eigenvalue weighted by Gasteiger charge is 1.94. The van der Waals surface area contributed by atoms with Gasteiger partial charge in [0.05, 0.1) is 17.6 Å². The van der Waals surface area contributed by atoms with Crippen molar-refractivity contribution < 1.29 is 5.11 Å². The molecule has 0 aliphatic heterocycles. The van der Waals surface area contributed by atoms with Crippen molar-refractivity contribution in [2.24, 2.45) is 0 Å². The third-order valence-corrected chi connectivity index (χ3v) is 2.59. The van der Waals surface area contributed by atoms with E-state index in [9.17, 15) is 0 Å². The van der Waals surface area contributed by atoms with Crippen LogP contribution in [-0.2, 0) is 6.54 Å². The standard InChI is InChI=1S/C11H14N2OS/c1-2-6-15-7-5-12-8-10-3-4-11(14)9-13-10/h1,3-4,9,12,14H,5-8H2. The zero-order chi connectivity index (χ0) is 10.9. The minimum atomic E-state index is 0.198. The van der Waals surface area contributed by atoms with Crippen molar-refractivity contribution in [3.63, 3.8) is 0 Å². The lowest BCUT2D eigenvalue weighted by atomic mass is 10.3. The molecular weight excluding hydrogens is 208 g/mol. The van der Waals surface area contributed by atoms with Crippen LogP contribution in [0.3, 0.4) is 0 Å². The number of aromatic nitrogens is 1. The monoisotopic (exact) mass is 222 g/mol. The molecule has 3 nitrogen and oxygen atoms in total.